The second kappa shape index (κ2) is 14.8. The molecule has 5 aromatic rings. The van der Waals surface area contributed by atoms with E-state index in [1.807, 2.05) is 47.9 Å². The Morgan fingerprint density at radius 2 is 1.77 bits per heavy atom. The van der Waals surface area contributed by atoms with Crippen LogP contribution in [0.2, 0.25) is 0 Å². The highest BCUT2D eigenvalue weighted by molar-refractivity contribution is 6.08. The molecule has 0 fully saturated rings. The predicted molar refractivity (Wildman–Crippen MR) is 217 cm³/mol. The average molecular weight is 680 g/mol. The van der Waals surface area contributed by atoms with Gasteiger partial charge in [0.2, 0.25) is 0 Å². The van der Waals surface area contributed by atoms with Gasteiger partial charge in [0.15, 0.2) is 0 Å². The first-order valence-corrected chi connectivity index (χ1v) is 17.3. The predicted octanol–water partition coefficient (Wildman–Crippen LogP) is 11.0. The number of nitriles is 3. The molecule has 2 aliphatic carbocycles. The summed E-state index contributed by atoms with van der Waals surface area (Å²) in [5.41, 5.74) is 15.3. The molecule has 0 bridgehead atoms. The molecule has 0 aliphatic heterocycles. The molecule has 5 nitrogen and oxygen atoms in total. The molecular formula is C48H33N5. The van der Waals surface area contributed by atoms with Crippen molar-refractivity contribution in [3.05, 3.63) is 166 Å². The van der Waals surface area contributed by atoms with Gasteiger partial charge in [-0.15, -0.1) is 12.2 Å². The molecule has 0 radical (unpaired) electrons. The van der Waals surface area contributed by atoms with Gasteiger partial charge >= 0.3 is 0 Å². The molecule has 0 spiro atoms. The van der Waals surface area contributed by atoms with Crippen LogP contribution in [-0.4, -0.2) is 9.13 Å². The molecular weight excluding hydrogens is 647 g/mol. The molecule has 0 unspecified atom stereocenters. The largest absolute Gasteiger partial charge is 0.310 e. The minimum atomic E-state index is 0.175. The Bertz CT molecular complexity index is 2730. The van der Waals surface area contributed by atoms with Gasteiger partial charge in [0.1, 0.15) is 17.7 Å². The van der Waals surface area contributed by atoms with E-state index in [2.05, 4.69) is 102 Å². The van der Waals surface area contributed by atoms with Crippen molar-refractivity contribution in [3.63, 3.8) is 0 Å². The first-order chi connectivity index (χ1) is 26.1. The van der Waals surface area contributed by atoms with Crippen LogP contribution in [0.4, 0.5) is 0 Å². The first kappa shape index (κ1) is 33.9. The van der Waals surface area contributed by atoms with Crippen LogP contribution in [0.3, 0.4) is 0 Å². The van der Waals surface area contributed by atoms with Gasteiger partial charge < -0.3 is 9.13 Å². The van der Waals surface area contributed by atoms with Gasteiger partial charge in [-0.2, -0.15) is 15.8 Å². The quantitative estimate of drug-likeness (QED) is 0.0930. The zero-order valence-corrected chi connectivity index (χ0v) is 29.3. The third kappa shape index (κ3) is 5.81. The van der Waals surface area contributed by atoms with E-state index in [0.29, 0.717) is 39.3 Å². The van der Waals surface area contributed by atoms with Crippen LogP contribution in [0.15, 0.2) is 115 Å². The maximum absolute atomic E-state index is 10.6. The zero-order chi connectivity index (χ0) is 36.9. The highest BCUT2D eigenvalue weighted by atomic mass is 15.0. The van der Waals surface area contributed by atoms with E-state index < -0.39 is 0 Å². The molecule has 3 aromatic carbocycles. The number of aryl methyl sites for hydroxylation is 1. The van der Waals surface area contributed by atoms with E-state index in [1.165, 1.54) is 22.2 Å². The van der Waals surface area contributed by atoms with E-state index in [1.54, 1.807) is 30.4 Å². The Hall–Kier alpha value is -7.53. The van der Waals surface area contributed by atoms with Gasteiger partial charge in [0.05, 0.1) is 40.6 Å². The molecule has 0 saturated heterocycles. The third-order valence-electron chi connectivity index (χ3n) is 9.68. The second-order valence-electron chi connectivity index (χ2n) is 12.5. The fraction of sp³-hybridized carbons (Fsp3) is 0.0833. The third-order valence-corrected chi connectivity index (χ3v) is 9.68. The fourth-order valence-electron chi connectivity index (χ4n) is 7.52. The SMILES string of the molecule is C#C/C=C(\C(=C/C)c1ccc(-n2c3c(c4ccccc42)CCC=C3)cc1)c1cccc(C#N)c1-n1c2c(c(C=C)c1/C=C\CC#N)C(C#N)=C=CC=C2. The summed E-state index contributed by atoms with van der Waals surface area (Å²) in [7, 11) is 0. The summed E-state index contributed by atoms with van der Waals surface area (Å²) < 4.78 is 4.30. The maximum Gasteiger partial charge on any atom is 0.108 e. The smallest absolute Gasteiger partial charge is 0.108 e. The molecule has 53 heavy (non-hydrogen) atoms. The van der Waals surface area contributed by atoms with Gasteiger partial charge in [-0.3, -0.25) is 0 Å². The number of hydrogen-bond donors (Lipinski definition) is 0. The highest BCUT2D eigenvalue weighted by Gasteiger charge is 2.27. The molecule has 0 saturated carbocycles. The van der Waals surface area contributed by atoms with Gasteiger partial charge in [-0.25, -0.2) is 0 Å². The molecule has 2 heterocycles. The van der Waals surface area contributed by atoms with Crippen LogP contribution >= 0.6 is 0 Å². The van der Waals surface area contributed by atoms with Crippen molar-refractivity contribution in [2.24, 2.45) is 0 Å². The topological polar surface area (TPSA) is 81.2 Å². The summed E-state index contributed by atoms with van der Waals surface area (Å²) in [4.78, 5) is 0. The van der Waals surface area contributed by atoms with Crippen LogP contribution in [0.5, 0.6) is 0 Å². The number of nitrogens with zero attached hydrogens (tertiary/aromatic N) is 5. The lowest BCUT2D eigenvalue weighted by Crippen LogP contribution is -2.08. The Morgan fingerprint density at radius 1 is 0.943 bits per heavy atom. The lowest BCUT2D eigenvalue weighted by atomic mass is 9.89. The number of fused-ring (bicyclic) bond motifs is 4. The van der Waals surface area contributed by atoms with Crippen LogP contribution < -0.4 is 0 Å². The summed E-state index contributed by atoms with van der Waals surface area (Å²) in [5, 5.41) is 31.5. The highest BCUT2D eigenvalue weighted by Crippen LogP contribution is 2.42. The summed E-state index contributed by atoms with van der Waals surface area (Å²) in [6.45, 7) is 6.08. The number of allylic oxidation sites excluding steroid dienone is 8. The van der Waals surface area contributed by atoms with E-state index in [4.69, 9.17) is 6.42 Å². The van der Waals surface area contributed by atoms with Gasteiger partial charge in [0, 0.05) is 33.5 Å². The lowest BCUT2D eigenvalue weighted by Gasteiger charge is -2.21. The van der Waals surface area contributed by atoms with E-state index in [0.717, 1.165) is 40.8 Å². The fourth-order valence-corrected chi connectivity index (χ4v) is 7.52. The zero-order valence-electron chi connectivity index (χ0n) is 29.3. The van der Waals surface area contributed by atoms with Crippen LogP contribution in [-0.2, 0) is 6.42 Å². The van der Waals surface area contributed by atoms with Crippen molar-refractivity contribution < 1.29 is 0 Å². The second-order valence-corrected chi connectivity index (χ2v) is 12.5. The number of para-hydroxylation sites is 2. The summed E-state index contributed by atoms with van der Waals surface area (Å²) in [6.07, 6.45) is 27.3. The Balaban J connectivity index is 1.43. The number of benzene rings is 3. The maximum atomic E-state index is 10.6. The van der Waals surface area contributed by atoms with Crippen molar-refractivity contribution in [1.82, 2.24) is 9.13 Å². The molecule has 2 aromatic heterocycles. The Kier molecular flexibility index (Phi) is 9.45. The molecule has 2 aliphatic rings. The van der Waals surface area contributed by atoms with Gasteiger partial charge in [0.25, 0.3) is 0 Å². The number of hydrogen-bond acceptors (Lipinski definition) is 3. The number of terminal acetylenes is 1. The Morgan fingerprint density at radius 3 is 2.51 bits per heavy atom. The van der Waals surface area contributed by atoms with Crippen molar-refractivity contribution in [2.75, 3.05) is 0 Å². The van der Waals surface area contributed by atoms with E-state index >= 15 is 0 Å². The number of aromatic nitrogens is 2. The summed E-state index contributed by atoms with van der Waals surface area (Å²) in [6, 6.07) is 29.5. The standard InChI is InChI=1S/C48H33N5/c1-4-16-39(37(5-2)33-26-28-36(29-27-33)52-44-22-11-8-19-40(44)41-20-9-12-23-45(41)52)42-21-15-18-35(32-51)48(42)53-43(24-13-14-30-49)38(6-3)47-34(31-50)17-7-10-25-46(47)53/h1,5-8,10-13,15-16,18-19,21-29H,3,9,14,20H2,2H3/b24-13-,37-5-,39-16+. The monoisotopic (exact) mass is 679 g/mol. The van der Waals surface area contributed by atoms with Crippen LogP contribution in [0.25, 0.3) is 63.3 Å². The lowest BCUT2D eigenvalue weighted by molar-refractivity contribution is 0.967. The minimum absolute atomic E-state index is 0.175. The van der Waals surface area contributed by atoms with E-state index in [-0.39, 0.29) is 6.42 Å². The van der Waals surface area contributed by atoms with Crippen molar-refractivity contribution in [2.45, 2.75) is 26.2 Å². The van der Waals surface area contributed by atoms with Crippen molar-refractivity contribution >= 4 is 51.9 Å². The molecule has 0 atom stereocenters. The molecule has 5 heteroatoms. The Labute approximate surface area is 310 Å². The molecule has 250 valence electrons. The molecule has 0 N–H and O–H groups in total. The molecule has 0 amide bonds. The van der Waals surface area contributed by atoms with Gasteiger partial charge in [-0.1, -0.05) is 85.3 Å². The first-order valence-electron chi connectivity index (χ1n) is 17.3. The van der Waals surface area contributed by atoms with Crippen molar-refractivity contribution in [3.8, 4) is 41.9 Å². The number of rotatable bonds is 8. The van der Waals surface area contributed by atoms with Crippen molar-refractivity contribution in [1.29, 1.82) is 15.8 Å². The van der Waals surface area contributed by atoms with E-state index in [9.17, 15) is 15.8 Å². The summed E-state index contributed by atoms with van der Waals surface area (Å²) in [5.74, 6) is 2.77. The van der Waals surface area contributed by atoms with Gasteiger partial charge in [-0.05, 0) is 96.7 Å². The van der Waals surface area contributed by atoms with Crippen LogP contribution in [0, 0.1) is 46.3 Å². The summed E-state index contributed by atoms with van der Waals surface area (Å²) >= 11 is 0. The van der Waals surface area contributed by atoms with Crippen LogP contribution in [0.1, 0.15) is 70.2 Å². The molecule has 7 rings (SSSR count). The normalized spacial score (nSPS) is 13.4. The average Bonchev–Trinajstić information content (AvgIpc) is 3.60. The minimum Gasteiger partial charge on any atom is -0.310 e.